The molecule has 0 aliphatic rings. The second-order valence-electron chi connectivity index (χ2n) is 4.52. The van der Waals surface area contributed by atoms with Gasteiger partial charge in [0, 0.05) is 25.2 Å². The highest BCUT2D eigenvalue weighted by Gasteiger charge is 2.12. The molecule has 1 aromatic heterocycles. The number of likely N-dealkylation sites (N-methyl/N-ethyl adjacent to an activating group) is 1. The molecule has 1 heterocycles. The van der Waals surface area contributed by atoms with Gasteiger partial charge in [-0.15, -0.1) is 0 Å². The number of pyridine rings is 1. The number of rotatable bonds is 7. The summed E-state index contributed by atoms with van der Waals surface area (Å²) in [5.41, 5.74) is 5.36. The average molecular weight is 267 g/mol. The van der Waals surface area contributed by atoms with Crippen LogP contribution in [0.3, 0.4) is 0 Å². The van der Waals surface area contributed by atoms with Crippen molar-refractivity contribution >= 4 is 17.3 Å². The van der Waals surface area contributed by atoms with Crippen LogP contribution in [0.25, 0.3) is 0 Å². The van der Waals surface area contributed by atoms with Crippen molar-refractivity contribution in [2.45, 2.75) is 26.3 Å². The molecule has 0 spiro atoms. The van der Waals surface area contributed by atoms with E-state index in [9.17, 15) is 10.1 Å². The Balaban J connectivity index is 2.51. The van der Waals surface area contributed by atoms with Crippen LogP contribution in [0.15, 0.2) is 12.1 Å². The van der Waals surface area contributed by atoms with Crippen molar-refractivity contribution in [3.05, 3.63) is 22.2 Å². The smallest absolute Gasteiger partial charge is 0.311 e. The molecule has 0 aliphatic heterocycles. The number of hydrogen-bond donors (Lipinski definition) is 2. The van der Waals surface area contributed by atoms with E-state index in [0.717, 1.165) is 13.0 Å². The Morgan fingerprint density at radius 2 is 2.26 bits per heavy atom. The van der Waals surface area contributed by atoms with E-state index >= 15 is 0 Å². The lowest BCUT2D eigenvalue weighted by Crippen LogP contribution is -2.32. The van der Waals surface area contributed by atoms with E-state index in [1.165, 1.54) is 6.07 Å². The maximum atomic E-state index is 10.6. The van der Waals surface area contributed by atoms with Crippen LogP contribution >= 0.6 is 0 Å². The highest BCUT2D eigenvalue weighted by Crippen LogP contribution is 2.20. The molecule has 0 fully saturated rings. The molecule has 1 rings (SSSR count). The number of nitrogens with one attached hydrogen (secondary N) is 1. The molecule has 0 saturated carbocycles. The minimum Gasteiger partial charge on any atom is -0.378 e. The predicted octanol–water partition coefficient (Wildman–Crippen LogP) is 1.71. The van der Waals surface area contributed by atoms with Gasteiger partial charge in [0.15, 0.2) is 0 Å². The van der Waals surface area contributed by atoms with E-state index < -0.39 is 4.92 Å². The maximum Gasteiger partial charge on any atom is 0.311 e. The summed E-state index contributed by atoms with van der Waals surface area (Å²) in [6.07, 6.45) is 1.10. The lowest BCUT2D eigenvalue weighted by atomic mass is 10.2. The third-order valence-electron chi connectivity index (χ3n) is 3.21. The Morgan fingerprint density at radius 1 is 1.58 bits per heavy atom. The highest BCUT2D eigenvalue weighted by atomic mass is 16.6. The SMILES string of the molecule is CCC(C)N(C)CCNc1ccc([N+](=O)[O-])c(N)n1. The van der Waals surface area contributed by atoms with Gasteiger partial charge < -0.3 is 16.0 Å². The van der Waals surface area contributed by atoms with Crippen molar-refractivity contribution in [3.8, 4) is 0 Å². The molecule has 0 bridgehead atoms. The Labute approximate surface area is 113 Å². The van der Waals surface area contributed by atoms with Gasteiger partial charge in [-0.3, -0.25) is 10.1 Å². The summed E-state index contributed by atoms with van der Waals surface area (Å²) < 4.78 is 0. The largest absolute Gasteiger partial charge is 0.378 e. The van der Waals surface area contributed by atoms with Gasteiger partial charge in [-0.2, -0.15) is 0 Å². The molecule has 1 unspecified atom stereocenters. The fourth-order valence-corrected chi connectivity index (χ4v) is 1.61. The summed E-state index contributed by atoms with van der Waals surface area (Å²) in [6.45, 7) is 5.90. The summed E-state index contributed by atoms with van der Waals surface area (Å²) in [5.74, 6) is 0.492. The summed E-state index contributed by atoms with van der Waals surface area (Å²) >= 11 is 0. The van der Waals surface area contributed by atoms with Crippen LogP contribution in [0.2, 0.25) is 0 Å². The van der Waals surface area contributed by atoms with Gasteiger partial charge in [0.25, 0.3) is 0 Å². The summed E-state index contributed by atoms with van der Waals surface area (Å²) in [7, 11) is 2.06. The van der Waals surface area contributed by atoms with E-state index in [0.29, 0.717) is 18.4 Å². The van der Waals surface area contributed by atoms with Crippen LogP contribution in [-0.2, 0) is 0 Å². The van der Waals surface area contributed by atoms with E-state index in [-0.39, 0.29) is 11.5 Å². The summed E-state index contributed by atoms with van der Waals surface area (Å²) in [4.78, 5) is 16.3. The van der Waals surface area contributed by atoms with Crippen molar-refractivity contribution in [2.75, 3.05) is 31.2 Å². The first-order valence-electron chi connectivity index (χ1n) is 6.30. The van der Waals surface area contributed by atoms with Gasteiger partial charge >= 0.3 is 5.69 Å². The number of nitrogens with two attached hydrogens (primary N) is 1. The monoisotopic (exact) mass is 267 g/mol. The normalized spacial score (nSPS) is 12.4. The molecule has 7 nitrogen and oxygen atoms in total. The molecule has 3 N–H and O–H groups in total. The molecule has 0 amide bonds. The summed E-state index contributed by atoms with van der Waals surface area (Å²) in [5, 5.41) is 13.7. The highest BCUT2D eigenvalue weighted by molar-refractivity contribution is 5.57. The lowest BCUT2D eigenvalue weighted by molar-refractivity contribution is -0.384. The van der Waals surface area contributed by atoms with Crippen molar-refractivity contribution in [1.29, 1.82) is 0 Å². The lowest BCUT2D eigenvalue weighted by Gasteiger charge is -2.23. The zero-order valence-corrected chi connectivity index (χ0v) is 11.6. The first kappa shape index (κ1) is 15.2. The van der Waals surface area contributed by atoms with Gasteiger partial charge in [0.05, 0.1) is 4.92 Å². The zero-order valence-electron chi connectivity index (χ0n) is 11.6. The van der Waals surface area contributed by atoms with Gasteiger partial charge in [-0.25, -0.2) is 4.98 Å². The van der Waals surface area contributed by atoms with Crippen molar-refractivity contribution in [3.63, 3.8) is 0 Å². The minimum absolute atomic E-state index is 0.0646. The first-order chi connectivity index (χ1) is 8.95. The number of anilines is 2. The quantitative estimate of drug-likeness (QED) is 0.576. The molecule has 0 aromatic carbocycles. The molecule has 1 aromatic rings. The Hall–Kier alpha value is -1.89. The number of aromatic nitrogens is 1. The van der Waals surface area contributed by atoms with E-state index in [1.807, 2.05) is 0 Å². The second kappa shape index (κ2) is 6.89. The second-order valence-corrected chi connectivity index (χ2v) is 4.52. The summed E-state index contributed by atoms with van der Waals surface area (Å²) in [6, 6.07) is 3.46. The number of nitrogen functional groups attached to an aromatic ring is 1. The number of nitro groups is 1. The molecule has 106 valence electrons. The number of hydrogen-bond acceptors (Lipinski definition) is 6. The molecule has 0 radical (unpaired) electrons. The Kier molecular flexibility index (Phi) is 5.50. The van der Waals surface area contributed by atoms with Crippen LogP contribution in [-0.4, -0.2) is 41.0 Å². The zero-order chi connectivity index (χ0) is 14.4. The van der Waals surface area contributed by atoms with Crippen LogP contribution in [0.5, 0.6) is 0 Å². The first-order valence-corrected chi connectivity index (χ1v) is 6.30. The van der Waals surface area contributed by atoms with E-state index in [2.05, 4.69) is 36.1 Å². The molecule has 19 heavy (non-hydrogen) atoms. The van der Waals surface area contributed by atoms with Crippen LogP contribution < -0.4 is 11.1 Å². The predicted molar refractivity (Wildman–Crippen MR) is 76.2 cm³/mol. The van der Waals surface area contributed by atoms with Crippen LogP contribution in [0, 0.1) is 10.1 Å². The standard InChI is InChI=1S/C12H21N5O2/c1-4-9(2)16(3)8-7-14-11-6-5-10(17(18)19)12(13)15-11/h5-6,9H,4,7-8H2,1-3H3,(H3,13,14,15). The Bertz CT molecular complexity index is 438. The third-order valence-corrected chi connectivity index (χ3v) is 3.21. The van der Waals surface area contributed by atoms with Crippen LogP contribution in [0.4, 0.5) is 17.3 Å². The number of nitrogens with zero attached hydrogens (tertiary/aromatic N) is 3. The molecule has 7 heteroatoms. The van der Waals surface area contributed by atoms with Crippen molar-refractivity contribution < 1.29 is 4.92 Å². The van der Waals surface area contributed by atoms with E-state index in [1.54, 1.807) is 6.07 Å². The molecular weight excluding hydrogens is 246 g/mol. The molecule has 0 saturated heterocycles. The fourth-order valence-electron chi connectivity index (χ4n) is 1.61. The molecule has 0 aliphatic carbocycles. The van der Waals surface area contributed by atoms with Gasteiger partial charge in [0.2, 0.25) is 5.82 Å². The van der Waals surface area contributed by atoms with Crippen molar-refractivity contribution in [1.82, 2.24) is 9.88 Å². The van der Waals surface area contributed by atoms with Gasteiger partial charge in [-0.05, 0) is 26.5 Å². The Morgan fingerprint density at radius 3 is 2.79 bits per heavy atom. The fraction of sp³-hybridized carbons (Fsp3) is 0.583. The minimum atomic E-state index is -0.539. The maximum absolute atomic E-state index is 10.6. The average Bonchev–Trinajstić information content (AvgIpc) is 2.37. The van der Waals surface area contributed by atoms with Gasteiger partial charge in [-0.1, -0.05) is 6.92 Å². The van der Waals surface area contributed by atoms with E-state index in [4.69, 9.17) is 5.73 Å². The van der Waals surface area contributed by atoms with Gasteiger partial charge in [0.1, 0.15) is 5.82 Å². The topological polar surface area (TPSA) is 97.3 Å². The molecule has 1 atom stereocenters. The molecular formula is C12H21N5O2. The third kappa shape index (κ3) is 4.36. The van der Waals surface area contributed by atoms with Crippen LogP contribution in [0.1, 0.15) is 20.3 Å². The van der Waals surface area contributed by atoms with Crippen molar-refractivity contribution in [2.24, 2.45) is 0 Å².